The number of methoxy groups -OCH3 is 1. The SMILES string of the molecule is COc1ccc(CNO)cc1OC1CC1. The van der Waals surface area contributed by atoms with Crippen molar-refractivity contribution in [3.63, 3.8) is 0 Å². The van der Waals surface area contributed by atoms with Gasteiger partial charge in [-0.05, 0) is 30.5 Å². The van der Waals surface area contributed by atoms with E-state index in [-0.39, 0.29) is 0 Å². The summed E-state index contributed by atoms with van der Waals surface area (Å²) in [5.74, 6) is 1.50. The highest BCUT2D eigenvalue weighted by atomic mass is 16.5. The van der Waals surface area contributed by atoms with Crippen molar-refractivity contribution < 1.29 is 14.7 Å². The van der Waals surface area contributed by atoms with Crippen molar-refractivity contribution in [1.82, 2.24) is 5.48 Å². The minimum absolute atomic E-state index is 0.344. The molecule has 2 rings (SSSR count). The quantitative estimate of drug-likeness (QED) is 0.725. The maximum Gasteiger partial charge on any atom is 0.161 e. The smallest absolute Gasteiger partial charge is 0.161 e. The standard InChI is InChI=1S/C11H15NO3/c1-14-10-5-2-8(7-12-13)6-11(10)15-9-3-4-9/h2,5-6,9,12-13H,3-4,7H2,1H3. The first-order valence-electron chi connectivity index (χ1n) is 5.04. The van der Waals surface area contributed by atoms with Crippen LogP contribution in [0.2, 0.25) is 0 Å². The Kier molecular flexibility index (Phi) is 3.08. The molecule has 0 unspecified atom stereocenters. The van der Waals surface area contributed by atoms with Crippen molar-refractivity contribution in [1.29, 1.82) is 0 Å². The second-order valence-electron chi connectivity index (χ2n) is 3.64. The Labute approximate surface area is 88.8 Å². The Morgan fingerprint density at radius 3 is 2.80 bits per heavy atom. The highest BCUT2D eigenvalue weighted by Gasteiger charge is 2.24. The fraction of sp³-hybridized carbons (Fsp3) is 0.455. The first-order chi connectivity index (χ1) is 7.33. The summed E-state index contributed by atoms with van der Waals surface area (Å²) >= 11 is 0. The Balaban J connectivity index is 2.16. The number of benzene rings is 1. The molecule has 0 bridgehead atoms. The van der Waals surface area contributed by atoms with Gasteiger partial charge in [0, 0.05) is 6.54 Å². The molecule has 0 amide bonds. The molecule has 0 aromatic heterocycles. The number of hydrogen-bond donors (Lipinski definition) is 2. The van der Waals surface area contributed by atoms with Crippen LogP contribution in [0.4, 0.5) is 0 Å². The second kappa shape index (κ2) is 4.51. The summed E-state index contributed by atoms with van der Waals surface area (Å²) in [7, 11) is 1.62. The van der Waals surface area contributed by atoms with Gasteiger partial charge in [-0.1, -0.05) is 6.07 Å². The first kappa shape index (κ1) is 10.3. The lowest BCUT2D eigenvalue weighted by Gasteiger charge is -2.11. The van der Waals surface area contributed by atoms with Crippen LogP contribution in [0.1, 0.15) is 18.4 Å². The monoisotopic (exact) mass is 209 g/mol. The van der Waals surface area contributed by atoms with Crippen LogP contribution in [-0.4, -0.2) is 18.4 Å². The van der Waals surface area contributed by atoms with Crippen molar-refractivity contribution in [3.05, 3.63) is 23.8 Å². The van der Waals surface area contributed by atoms with E-state index in [1.807, 2.05) is 18.2 Å². The lowest BCUT2D eigenvalue weighted by atomic mass is 10.2. The van der Waals surface area contributed by atoms with E-state index >= 15 is 0 Å². The van der Waals surface area contributed by atoms with Gasteiger partial charge < -0.3 is 14.7 Å². The van der Waals surface area contributed by atoms with E-state index < -0.39 is 0 Å². The molecule has 1 aliphatic carbocycles. The van der Waals surface area contributed by atoms with Gasteiger partial charge in [0.15, 0.2) is 11.5 Å². The molecular formula is C11H15NO3. The number of rotatable bonds is 5. The molecule has 1 fully saturated rings. The predicted molar refractivity (Wildman–Crippen MR) is 55.3 cm³/mol. The number of nitrogens with one attached hydrogen (secondary N) is 1. The molecule has 1 saturated carbocycles. The van der Waals surface area contributed by atoms with E-state index in [4.69, 9.17) is 14.7 Å². The van der Waals surface area contributed by atoms with Gasteiger partial charge in [0.05, 0.1) is 13.2 Å². The lowest BCUT2D eigenvalue weighted by molar-refractivity contribution is 0.161. The van der Waals surface area contributed by atoms with Crippen molar-refractivity contribution in [2.75, 3.05) is 7.11 Å². The molecule has 0 atom stereocenters. The van der Waals surface area contributed by atoms with Crippen molar-refractivity contribution in [2.45, 2.75) is 25.5 Å². The Bertz CT molecular complexity index is 337. The molecule has 1 aromatic rings. The van der Waals surface area contributed by atoms with Crippen LogP contribution < -0.4 is 15.0 Å². The maximum atomic E-state index is 8.61. The van der Waals surface area contributed by atoms with Gasteiger partial charge in [-0.3, -0.25) is 0 Å². The first-order valence-corrected chi connectivity index (χ1v) is 5.04. The number of ether oxygens (including phenoxy) is 2. The molecule has 0 saturated heterocycles. The highest BCUT2D eigenvalue weighted by Crippen LogP contribution is 2.34. The van der Waals surface area contributed by atoms with E-state index in [9.17, 15) is 0 Å². The average Bonchev–Trinajstić information content (AvgIpc) is 3.03. The van der Waals surface area contributed by atoms with Crippen LogP contribution >= 0.6 is 0 Å². The van der Waals surface area contributed by atoms with Gasteiger partial charge in [0.25, 0.3) is 0 Å². The molecule has 4 heteroatoms. The summed E-state index contributed by atoms with van der Waals surface area (Å²) in [5, 5.41) is 8.61. The molecule has 0 heterocycles. The fourth-order valence-electron chi connectivity index (χ4n) is 1.38. The van der Waals surface area contributed by atoms with Gasteiger partial charge in [0.1, 0.15) is 0 Å². The number of hydroxylamine groups is 1. The molecule has 0 radical (unpaired) electrons. The van der Waals surface area contributed by atoms with Crippen LogP contribution in [0.5, 0.6) is 11.5 Å². The van der Waals surface area contributed by atoms with E-state index in [0.29, 0.717) is 12.6 Å². The highest BCUT2D eigenvalue weighted by molar-refractivity contribution is 5.43. The summed E-state index contributed by atoms with van der Waals surface area (Å²) in [4.78, 5) is 0. The lowest BCUT2D eigenvalue weighted by Crippen LogP contribution is -2.07. The predicted octanol–water partition coefficient (Wildman–Crippen LogP) is 1.72. The minimum atomic E-state index is 0.344. The van der Waals surface area contributed by atoms with E-state index in [1.54, 1.807) is 7.11 Å². The normalized spacial score (nSPS) is 15.1. The molecule has 2 N–H and O–H groups in total. The molecule has 1 aromatic carbocycles. The third-order valence-electron chi connectivity index (χ3n) is 2.33. The molecule has 0 aliphatic heterocycles. The summed E-state index contributed by atoms with van der Waals surface area (Å²) in [6.45, 7) is 0.408. The van der Waals surface area contributed by atoms with Crippen molar-refractivity contribution in [2.24, 2.45) is 0 Å². The third kappa shape index (κ3) is 2.61. The summed E-state index contributed by atoms with van der Waals surface area (Å²) < 4.78 is 10.9. The molecule has 82 valence electrons. The van der Waals surface area contributed by atoms with Gasteiger partial charge >= 0.3 is 0 Å². The Morgan fingerprint density at radius 2 is 2.20 bits per heavy atom. The van der Waals surface area contributed by atoms with Crippen LogP contribution in [-0.2, 0) is 6.54 Å². The largest absolute Gasteiger partial charge is 0.493 e. The zero-order valence-corrected chi connectivity index (χ0v) is 8.69. The second-order valence-corrected chi connectivity index (χ2v) is 3.64. The zero-order chi connectivity index (χ0) is 10.7. The molecule has 1 aliphatic rings. The fourth-order valence-corrected chi connectivity index (χ4v) is 1.38. The van der Waals surface area contributed by atoms with Crippen molar-refractivity contribution in [3.8, 4) is 11.5 Å². The van der Waals surface area contributed by atoms with Gasteiger partial charge in [-0.2, -0.15) is 0 Å². The summed E-state index contributed by atoms with van der Waals surface area (Å²) in [6.07, 6.45) is 2.58. The maximum absolute atomic E-state index is 8.61. The average molecular weight is 209 g/mol. The molecule has 0 spiro atoms. The third-order valence-corrected chi connectivity index (χ3v) is 2.33. The summed E-state index contributed by atoms with van der Waals surface area (Å²) in [5.41, 5.74) is 3.09. The van der Waals surface area contributed by atoms with Gasteiger partial charge in [-0.15, -0.1) is 0 Å². The van der Waals surface area contributed by atoms with E-state index in [1.165, 1.54) is 0 Å². The topological polar surface area (TPSA) is 50.7 Å². The zero-order valence-electron chi connectivity index (χ0n) is 8.69. The minimum Gasteiger partial charge on any atom is -0.493 e. The van der Waals surface area contributed by atoms with Crippen molar-refractivity contribution >= 4 is 0 Å². The summed E-state index contributed by atoms with van der Waals surface area (Å²) in [6, 6.07) is 5.63. The van der Waals surface area contributed by atoms with Crippen LogP contribution in [0, 0.1) is 0 Å². The van der Waals surface area contributed by atoms with Crippen LogP contribution in [0.25, 0.3) is 0 Å². The van der Waals surface area contributed by atoms with Crippen LogP contribution in [0.3, 0.4) is 0 Å². The Hall–Kier alpha value is -1.26. The van der Waals surface area contributed by atoms with E-state index in [0.717, 1.165) is 29.9 Å². The molecular weight excluding hydrogens is 194 g/mol. The van der Waals surface area contributed by atoms with Gasteiger partial charge in [0.2, 0.25) is 0 Å². The number of hydrogen-bond acceptors (Lipinski definition) is 4. The van der Waals surface area contributed by atoms with Crippen LogP contribution in [0.15, 0.2) is 18.2 Å². The van der Waals surface area contributed by atoms with E-state index in [2.05, 4.69) is 5.48 Å². The molecule has 4 nitrogen and oxygen atoms in total. The van der Waals surface area contributed by atoms with Gasteiger partial charge in [-0.25, -0.2) is 5.48 Å². The Morgan fingerprint density at radius 1 is 1.40 bits per heavy atom. The molecule has 15 heavy (non-hydrogen) atoms.